The molecular formula is C11H15NO2. The smallest absolute Gasteiger partial charge is 0.130 e. The number of methoxy groups -OCH3 is 1. The summed E-state index contributed by atoms with van der Waals surface area (Å²) in [6.07, 6.45) is 0. The van der Waals surface area contributed by atoms with Crippen molar-refractivity contribution in [1.29, 1.82) is 0 Å². The number of ether oxygens (including phenoxy) is 2. The Morgan fingerprint density at radius 3 is 3.07 bits per heavy atom. The maximum atomic E-state index is 5.68. The Morgan fingerprint density at radius 1 is 1.43 bits per heavy atom. The van der Waals surface area contributed by atoms with E-state index in [-0.39, 0.29) is 0 Å². The molecule has 0 bridgehead atoms. The molecule has 1 aromatic rings. The van der Waals surface area contributed by atoms with E-state index in [2.05, 4.69) is 11.4 Å². The first-order valence-electron chi connectivity index (χ1n) is 4.83. The van der Waals surface area contributed by atoms with Gasteiger partial charge in [-0.2, -0.15) is 0 Å². The molecule has 0 spiro atoms. The summed E-state index contributed by atoms with van der Waals surface area (Å²) in [5.41, 5.74) is 2.30. The minimum Gasteiger partial charge on any atom is -0.496 e. The predicted octanol–water partition coefficient (Wildman–Crippen LogP) is 1.49. The fourth-order valence-electron chi connectivity index (χ4n) is 1.74. The molecule has 1 aliphatic heterocycles. The molecule has 2 rings (SSSR count). The van der Waals surface area contributed by atoms with Crippen LogP contribution in [0.15, 0.2) is 12.1 Å². The average Bonchev–Trinajstić information content (AvgIpc) is 2.44. The number of rotatable bonds is 1. The molecule has 1 aromatic carbocycles. The lowest BCUT2D eigenvalue weighted by atomic mass is 10.1. The SMILES string of the molecule is COc1ccc2c(c1C)OCCNC2. The molecule has 0 saturated heterocycles. The van der Waals surface area contributed by atoms with Gasteiger partial charge in [0.05, 0.1) is 7.11 Å². The standard InChI is InChI=1S/C11H15NO2/c1-8-10(13-2)4-3-9-7-12-5-6-14-11(8)9/h3-4,12H,5-7H2,1-2H3. The third-order valence-corrected chi connectivity index (χ3v) is 2.50. The first kappa shape index (κ1) is 9.34. The first-order valence-corrected chi connectivity index (χ1v) is 4.83. The van der Waals surface area contributed by atoms with Gasteiger partial charge in [0, 0.05) is 24.2 Å². The quantitative estimate of drug-likeness (QED) is 0.733. The molecule has 3 heteroatoms. The van der Waals surface area contributed by atoms with E-state index in [1.165, 1.54) is 5.56 Å². The van der Waals surface area contributed by atoms with Crippen molar-refractivity contribution in [3.05, 3.63) is 23.3 Å². The predicted molar refractivity (Wildman–Crippen MR) is 54.9 cm³/mol. The zero-order valence-corrected chi connectivity index (χ0v) is 8.59. The summed E-state index contributed by atoms with van der Waals surface area (Å²) in [7, 11) is 1.68. The molecule has 1 aliphatic rings. The van der Waals surface area contributed by atoms with Gasteiger partial charge in [-0.25, -0.2) is 0 Å². The number of fused-ring (bicyclic) bond motifs is 1. The van der Waals surface area contributed by atoms with Crippen LogP contribution in [0, 0.1) is 6.92 Å². The zero-order valence-electron chi connectivity index (χ0n) is 8.59. The summed E-state index contributed by atoms with van der Waals surface area (Å²) < 4.78 is 10.9. The van der Waals surface area contributed by atoms with E-state index in [0.717, 1.165) is 36.8 Å². The Bertz CT molecular complexity index is 336. The van der Waals surface area contributed by atoms with E-state index >= 15 is 0 Å². The zero-order chi connectivity index (χ0) is 9.97. The highest BCUT2D eigenvalue weighted by molar-refractivity contribution is 5.49. The number of hydrogen-bond donors (Lipinski definition) is 1. The van der Waals surface area contributed by atoms with Crippen LogP contribution < -0.4 is 14.8 Å². The van der Waals surface area contributed by atoms with Crippen LogP contribution in [0.25, 0.3) is 0 Å². The van der Waals surface area contributed by atoms with Crippen molar-refractivity contribution in [2.75, 3.05) is 20.3 Å². The Labute approximate surface area is 84.0 Å². The van der Waals surface area contributed by atoms with Gasteiger partial charge in [0.15, 0.2) is 0 Å². The number of nitrogens with one attached hydrogen (secondary N) is 1. The second kappa shape index (κ2) is 3.88. The molecule has 3 nitrogen and oxygen atoms in total. The van der Waals surface area contributed by atoms with Crippen LogP contribution in [-0.2, 0) is 6.54 Å². The van der Waals surface area contributed by atoms with E-state index in [1.807, 2.05) is 13.0 Å². The van der Waals surface area contributed by atoms with Crippen LogP contribution >= 0.6 is 0 Å². The summed E-state index contributed by atoms with van der Waals surface area (Å²) in [5, 5.41) is 3.30. The van der Waals surface area contributed by atoms with Gasteiger partial charge in [0.2, 0.25) is 0 Å². The molecule has 0 radical (unpaired) electrons. The Balaban J connectivity index is 2.44. The van der Waals surface area contributed by atoms with E-state index in [9.17, 15) is 0 Å². The van der Waals surface area contributed by atoms with Gasteiger partial charge >= 0.3 is 0 Å². The van der Waals surface area contributed by atoms with Gasteiger partial charge < -0.3 is 14.8 Å². The van der Waals surface area contributed by atoms with Gasteiger partial charge in [0.25, 0.3) is 0 Å². The molecular weight excluding hydrogens is 178 g/mol. The second-order valence-corrected chi connectivity index (χ2v) is 3.41. The number of hydrogen-bond acceptors (Lipinski definition) is 3. The van der Waals surface area contributed by atoms with Crippen molar-refractivity contribution >= 4 is 0 Å². The Kier molecular flexibility index (Phi) is 2.59. The third-order valence-electron chi connectivity index (χ3n) is 2.50. The summed E-state index contributed by atoms with van der Waals surface area (Å²) >= 11 is 0. The highest BCUT2D eigenvalue weighted by Crippen LogP contribution is 2.32. The molecule has 0 fully saturated rings. The largest absolute Gasteiger partial charge is 0.496 e. The van der Waals surface area contributed by atoms with Crippen molar-refractivity contribution < 1.29 is 9.47 Å². The van der Waals surface area contributed by atoms with Gasteiger partial charge in [-0.05, 0) is 13.0 Å². The van der Waals surface area contributed by atoms with E-state index in [4.69, 9.17) is 9.47 Å². The minimum absolute atomic E-state index is 0.723. The summed E-state index contributed by atoms with van der Waals surface area (Å²) in [5.74, 6) is 1.88. The molecule has 0 aromatic heterocycles. The summed E-state index contributed by atoms with van der Waals surface area (Å²) in [6, 6.07) is 4.05. The van der Waals surface area contributed by atoms with Crippen molar-refractivity contribution in [3.8, 4) is 11.5 Å². The molecule has 0 aliphatic carbocycles. The van der Waals surface area contributed by atoms with Crippen LogP contribution in [0.1, 0.15) is 11.1 Å². The lowest BCUT2D eigenvalue weighted by Crippen LogP contribution is -2.16. The fourth-order valence-corrected chi connectivity index (χ4v) is 1.74. The van der Waals surface area contributed by atoms with Crippen molar-refractivity contribution in [2.45, 2.75) is 13.5 Å². The van der Waals surface area contributed by atoms with E-state index in [1.54, 1.807) is 7.11 Å². The molecule has 0 saturated carbocycles. The van der Waals surface area contributed by atoms with E-state index < -0.39 is 0 Å². The molecule has 14 heavy (non-hydrogen) atoms. The topological polar surface area (TPSA) is 30.5 Å². The lowest BCUT2D eigenvalue weighted by molar-refractivity contribution is 0.320. The highest BCUT2D eigenvalue weighted by Gasteiger charge is 2.13. The molecule has 0 amide bonds. The summed E-state index contributed by atoms with van der Waals surface area (Å²) in [4.78, 5) is 0. The van der Waals surface area contributed by atoms with Crippen LogP contribution in [0.5, 0.6) is 11.5 Å². The Morgan fingerprint density at radius 2 is 2.29 bits per heavy atom. The minimum atomic E-state index is 0.723. The van der Waals surface area contributed by atoms with Gasteiger partial charge in [-0.1, -0.05) is 6.07 Å². The van der Waals surface area contributed by atoms with Gasteiger partial charge in [0.1, 0.15) is 18.1 Å². The molecule has 0 atom stereocenters. The Hall–Kier alpha value is -1.22. The van der Waals surface area contributed by atoms with Crippen molar-refractivity contribution in [3.63, 3.8) is 0 Å². The van der Waals surface area contributed by atoms with Crippen LogP contribution in [0.4, 0.5) is 0 Å². The second-order valence-electron chi connectivity index (χ2n) is 3.41. The normalized spacial score (nSPS) is 15.3. The van der Waals surface area contributed by atoms with Crippen LogP contribution in [0.2, 0.25) is 0 Å². The highest BCUT2D eigenvalue weighted by atomic mass is 16.5. The maximum absolute atomic E-state index is 5.68. The first-order chi connectivity index (χ1) is 6.83. The van der Waals surface area contributed by atoms with Crippen molar-refractivity contribution in [1.82, 2.24) is 5.32 Å². The fraction of sp³-hybridized carbons (Fsp3) is 0.455. The molecule has 1 N–H and O–H groups in total. The monoisotopic (exact) mass is 193 g/mol. The summed E-state index contributed by atoms with van der Waals surface area (Å²) in [6.45, 7) is 4.53. The van der Waals surface area contributed by atoms with Crippen molar-refractivity contribution in [2.24, 2.45) is 0 Å². The molecule has 0 unspecified atom stereocenters. The molecule has 76 valence electrons. The lowest BCUT2D eigenvalue weighted by Gasteiger charge is -2.12. The number of benzene rings is 1. The van der Waals surface area contributed by atoms with Gasteiger partial charge in [-0.15, -0.1) is 0 Å². The molecule has 1 heterocycles. The maximum Gasteiger partial charge on any atom is 0.130 e. The van der Waals surface area contributed by atoms with Crippen LogP contribution in [-0.4, -0.2) is 20.3 Å². The third kappa shape index (κ3) is 1.55. The van der Waals surface area contributed by atoms with E-state index in [0.29, 0.717) is 0 Å². The van der Waals surface area contributed by atoms with Crippen LogP contribution in [0.3, 0.4) is 0 Å². The average molecular weight is 193 g/mol. The van der Waals surface area contributed by atoms with Gasteiger partial charge in [-0.3, -0.25) is 0 Å².